The molecule has 53 heavy (non-hydrogen) atoms. The maximum absolute atomic E-state index is 2.45. The standard InChI is InChI=1S/C53H42/c1-52(2,3)51-45-19-9-8-18-43(45)50(41-20-10-14-35-13-6-7-17-39(35)41)44-30-28-37(31-46(44)51)33-23-25-34(26-24-33)38-27-29-40-42-21-11-15-36-16-12-22-47(49(36)42)53(4,5)48(40)32-38/h6-32H,1-5H3. The maximum Gasteiger partial charge on any atom is 0.0159 e. The van der Waals surface area contributed by atoms with Crippen molar-refractivity contribution in [1.82, 2.24) is 0 Å². The van der Waals surface area contributed by atoms with Gasteiger partial charge in [-0.15, -0.1) is 0 Å². The predicted octanol–water partition coefficient (Wildman–Crippen LogP) is 14.9. The van der Waals surface area contributed by atoms with Crippen LogP contribution in [0.2, 0.25) is 0 Å². The SMILES string of the molecule is CC(C)(C)c1c2ccccc2c(-c2cccc3ccccc23)c2ccc(-c3ccc(-c4ccc5c(c4)C(C)(C)c4cccc6cccc-5c46)cc3)cc12. The molecule has 0 saturated heterocycles. The third-order valence-corrected chi connectivity index (χ3v) is 11.9. The van der Waals surface area contributed by atoms with Crippen molar-refractivity contribution in [3.63, 3.8) is 0 Å². The van der Waals surface area contributed by atoms with Crippen LogP contribution in [-0.4, -0.2) is 0 Å². The Morgan fingerprint density at radius 3 is 1.66 bits per heavy atom. The van der Waals surface area contributed by atoms with Crippen LogP contribution in [0.3, 0.4) is 0 Å². The molecular formula is C53H42. The van der Waals surface area contributed by atoms with Gasteiger partial charge in [0.15, 0.2) is 0 Å². The Hall–Kier alpha value is -5.98. The lowest BCUT2D eigenvalue weighted by Gasteiger charge is -2.35. The highest BCUT2D eigenvalue weighted by Crippen LogP contribution is 2.50. The highest BCUT2D eigenvalue weighted by atomic mass is 14.4. The molecule has 0 saturated carbocycles. The molecule has 0 spiro atoms. The first-order valence-electron chi connectivity index (χ1n) is 18.9. The minimum atomic E-state index is -0.0932. The highest BCUT2D eigenvalue weighted by molar-refractivity contribution is 6.19. The molecule has 0 radical (unpaired) electrons. The average Bonchev–Trinajstić information content (AvgIpc) is 3.18. The Labute approximate surface area is 312 Å². The van der Waals surface area contributed by atoms with Crippen molar-refractivity contribution < 1.29 is 0 Å². The van der Waals surface area contributed by atoms with Gasteiger partial charge in [0.25, 0.3) is 0 Å². The molecule has 0 fully saturated rings. The molecule has 0 aliphatic heterocycles. The lowest BCUT2D eigenvalue weighted by Crippen LogP contribution is -2.23. The van der Waals surface area contributed by atoms with Crippen molar-refractivity contribution in [2.45, 2.75) is 45.4 Å². The van der Waals surface area contributed by atoms with Crippen LogP contribution in [0.4, 0.5) is 0 Å². The van der Waals surface area contributed by atoms with Gasteiger partial charge in [0, 0.05) is 5.41 Å². The predicted molar refractivity (Wildman–Crippen MR) is 229 cm³/mol. The molecule has 0 heterocycles. The van der Waals surface area contributed by atoms with Crippen LogP contribution in [0.1, 0.15) is 51.3 Å². The summed E-state index contributed by atoms with van der Waals surface area (Å²) < 4.78 is 0. The molecule has 10 rings (SSSR count). The summed E-state index contributed by atoms with van der Waals surface area (Å²) in [6.45, 7) is 11.8. The van der Waals surface area contributed by atoms with Gasteiger partial charge in [-0.3, -0.25) is 0 Å². The van der Waals surface area contributed by atoms with E-state index in [0.717, 1.165) is 0 Å². The largest absolute Gasteiger partial charge is 0.0616 e. The monoisotopic (exact) mass is 678 g/mol. The molecule has 0 unspecified atom stereocenters. The normalized spacial score (nSPS) is 13.5. The molecule has 0 N–H and O–H groups in total. The van der Waals surface area contributed by atoms with E-state index in [1.807, 2.05) is 0 Å². The van der Waals surface area contributed by atoms with Gasteiger partial charge in [-0.2, -0.15) is 0 Å². The third-order valence-electron chi connectivity index (χ3n) is 11.9. The van der Waals surface area contributed by atoms with E-state index >= 15 is 0 Å². The third kappa shape index (κ3) is 4.82. The van der Waals surface area contributed by atoms with E-state index in [1.54, 1.807) is 0 Å². The number of fused-ring (bicyclic) bond motifs is 5. The van der Waals surface area contributed by atoms with Gasteiger partial charge in [0.2, 0.25) is 0 Å². The lowest BCUT2D eigenvalue weighted by molar-refractivity contribution is 0.601. The first-order valence-corrected chi connectivity index (χ1v) is 18.9. The van der Waals surface area contributed by atoms with E-state index in [2.05, 4.69) is 198 Å². The van der Waals surface area contributed by atoms with E-state index in [-0.39, 0.29) is 10.8 Å². The van der Waals surface area contributed by atoms with Gasteiger partial charge in [-0.25, -0.2) is 0 Å². The summed E-state index contributed by atoms with van der Waals surface area (Å²) in [5, 5.41) is 10.5. The summed E-state index contributed by atoms with van der Waals surface area (Å²) in [5.41, 5.74) is 14.3. The molecule has 0 bridgehead atoms. The van der Waals surface area contributed by atoms with Crippen molar-refractivity contribution in [3.05, 3.63) is 180 Å². The van der Waals surface area contributed by atoms with Gasteiger partial charge < -0.3 is 0 Å². The quantitative estimate of drug-likeness (QED) is 0.163. The zero-order valence-corrected chi connectivity index (χ0v) is 31.1. The van der Waals surface area contributed by atoms with Crippen LogP contribution in [-0.2, 0) is 10.8 Å². The fraction of sp³-hybridized carbons (Fsp3) is 0.132. The second kappa shape index (κ2) is 11.5. The van der Waals surface area contributed by atoms with E-state index in [9.17, 15) is 0 Å². The summed E-state index contributed by atoms with van der Waals surface area (Å²) in [5.74, 6) is 0. The zero-order chi connectivity index (χ0) is 36.1. The Kier molecular flexibility index (Phi) is 6.89. The molecule has 254 valence electrons. The van der Waals surface area contributed by atoms with Crippen molar-refractivity contribution in [3.8, 4) is 44.5 Å². The number of hydrogen-bond donors (Lipinski definition) is 0. The molecule has 1 aliphatic rings. The fourth-order valence-electron chi connectivity index (χ4n) is 9.46. The smallest absolute Gasteiger partial charge is 0.0159 e. The summed E-state index contributed by atoms with van der Waals surface area (Å²) in [4.78, 5) is 0. The molecule has 9 aromatic rings. The van der Waals surface area contributed by atoms with E-state index in [4.69, 9.17) is 0 Å². The molecule has 9 aromatic carbocycles. The van der Waals surface area contributed by atoms with Crippen LogP contribution >= 0.6 is 0 Å². The van der Waals surface area contributed by atoms with Gasteiger partial charge >= 0.3 is 0 Å². The highest BCUT2D eigenvalue weighted by Gasteiger charge is 2.33. The van der Waals surface area contributed by atoms with Gasteiger partial charge in [-0.1, -0.05) is 186 Å². The minimum Gasteiger partial charge on any atom is -0.0616 e. The topological polar surface area (TPSA) is 0 Å². The van der Waals surface area contributed by atoms with Gasteiger partial charge in [0.05, 0.1) is 0 Å². The first-order chi connectivity index (χ1) is 25.7. The number of hydrogen-bond acceptors (Lipinski definition) is 0. The second-order valence-corrected chi connectivity index (χ2v) is 16.5. The van der Waals surface area contributed by atoms with Crippen molar-refractivity contribution in [1.29, 1.82) is 0 Å². The molecule has 0 aromatic heterocycles. The Bertz CT molecular complexity index is 2920. The summed E-state index contributed by atoms with van der Waals surface area (Å²) in [6.07, 6.45) is 0. The fourth-order valence-corrected chi connectivity index (χ4v) is 9.46. The van der Waals surface area contributed by atoms with Crippen LogP contribution in [0.15, 0.2) is 164 Å². The minimum absolute atomic E-state index is 0.0517. The summed E-state index contributed by atoms with van der Waals surface area (Å²) >= 11 is 0. The Morgan fingerprint density at radius 1 is 0.377 bits per heavy atom. The van der Waals surface area contributed by atoms with Crippen molar-refractivity contribution in [2.24, 2.45) is 0 Å². The van der Waals surface area contributed by atoms with Crippen LogP contribution in [0.25, 0.3) is 87.6 Å². The van der Waals surface area contributed by atoms with Crippen LogP contribution in [0.5, 0.6) is 0 Å². The molecule has 1 aliphatic carbocycles. The summed E-state index contributed by atoms with van der Waals surface area (Å²) in [6, 6.07) is 61.5. The lowest BCUT2D eigenvalue weighted by atomic mass is 9.68. The molecule has 0 nitrogen and oxygen atoms in total. The van der Waals surface area contributed by atoms with E-state index in [0.29, 0.717) is 0 Å². The molecule has 0 heteroatoms. The second-order valence-electron chi connectivity index (χ2n) is 16.5. The molecule has 0 amide bonds. The zero-order valence-electron chi connectivity index (χ0n) is 31.1. The van der Waals surface area contributed by atoms with Crippen molar-refractivity contribution >= 4 is 43.1 Å². The van der Waals surface area contributed by atoms with Crippen LogP contribution < -0.4 is 0 Å². The Morgan fingerprint density at radius 2 is 0.925 bits per heavy atom. The number of rotatable bonds is 3. The van der Waals surface area contributed by atoms with Gasteiger partial charge in [0.1, 0.15) is 0 Å². The molecule has 0 atom stereocenters. The number of benzene rings is 9. The van der Waals surface area contributed by atoms with Gasteiger partial charge in [-0.05, 0) is 122 Å². The Balaban J connectivity index is 1.11. The van der Waals surface area contributed by atoms with E-state index in [1.165, 1.54) is 104 Å². The molecular weight excluding hydrogens is 637 g/mol. The first kappa shape index (κ1) is 31.7. The maximum atomic E-state index is 2.45. The van der Waals surface area contributed by atoms with Crippen molar-refractivity contribution in [2.75, 3.05) is 0 Å². The van der Waals surface area contributed by atoms with E-state index < -0.39 is 0 Å². The average molecular weight is 679 g/mol. The summed E-state index contributed by atoms with van der Waals surface area (Å²) in [7, 11) is 0. The van der Waals surface area contributed by atoms with Crippen LogP contribution in [0, 0.1) is 0 Å².